The monoisotopic (exact) mass is 296 g/mol. The summed E-state index contributed by atoms with van der Waals surface area (Å²) in [6.45, 7) is 3.72. The average Bonchev–Trinajstić information content (AvgIpc) is 2.47. The van der Waals surface area contributed by atoms with E-state index in [4.69, 9.17) is 5.73 Å². The number of hydrogen-bond acceptors (Lipinski definition) is 3. The van der Waals surface area contributed by atoms with Gasteiger partial charge in [0.1, 0.15) is 0 Å². The second-order valence-corrected chi connectivity index (χ2v) is 5.58. The van der Waals surface area contributed by atoms with Gasteiger partial charge in [-0.3, -0.25) is 0 Å². The highest BCUT2D eigenvalue weighted by atomic mass is 127. The lowest BCUT2D eigenvalue weighted by molar-refractivity contribution is 0.557. The molecule has 1 aromatic rings. The predicted molar refractivity (Wildman–Crippen MR) is 62.4 cm³/mol. The third-order valence-electron chi connectivity index (χ3n) is 1.63. The number of nitrogens with two attached hydrogens (primary N) is 1. The molecule has 0 unspecified atom stereocenters. The Morgan fingerprint density at radius 2 is 2.50 bits per heavy atom. The summed E-state index contributed by atoms with van der Waals surface area (Å²) in [4.78, 5) is 0. The van der Waals surface area contributed by atoms with Gasteiger partial charge in [-0.05, 0) is 46.5 Å². The fourth-order valence-corrected chi connectivity index (χ4v) is 2.23. The summed E-state index contributed by atoms with van der Waals surface area (Å²) in [6, 6.07) is 2.60. The Balaban J connectivity index is 2.33. The number of thiophene rings is 1. The van der Waals surface area contributed by atoms with E-state index in [0.29, 0.717) is 12.6 Å². The minimum atomic E-state index is 0.405. The molecule has 0 radical (unpaired) electrons. The molecule has 2 nitrogen and oxygen atoms in total. The van der Waals surface area contributed by atoms with Crippen LogP contribution >= 0.6 is 33.9 Å². The number of rotatable bonds is 4. The Kier molecular flexibility index (Phi) is 4.49. The van der Waals surface area contributed by atoms with Crippen molar-refractivity contribution in [3.8, 4) is 0 Å². The highest BCUT2D eigenvalue weighted by molar-refractivity contribution is 14.1. The van der Waals surface area contributed by atoms with Gasteiger partial charge < -0.3 is 11.1 Å². The van der Waals surface area contributed by atoms with Gasteiger partial charge in [0.2, 0.25) is 0 Å². The van der Waals surface area contributed by atoms with Crippen molar-refractivity contribution in [2.24, 2.45) is 5.73 Å². The molecule has 1 atom stereocenters. The van der Waals surface area contributed by atoms with Crippen molar-refractivity contribution in [3.05, 3.63) is 19.9 Å². The lowest BCUT2D eigenvalue weighted by atomic mass is 10.3. The fourth-order valence-electron chi connectivity index (χ4n) is 0.814. The summed E-state index contributed by atoms with van der Waals surface area (Å²) < 4.78 is 1.34. The maximum atomic E-state index is 5.48. The molecule has 0 saturated carbocycles. The van der Waals surface area contributed by atoms with E-state index >= 15 is 0 Å². The summed E-state index contributed by atoms with van der Waals surface area (Å²) in [5.74, 6) is 0. The lowest BCUT2D eigenvalue weighted by Gasteiger charge is -2.09. The molecule has 1 heterocycles. The van der Waals surface area contributed by atoms with Crippen LogP contribution in [0.1, 0.15) is 12.5 Å². The van der Waals surface area contributed by atoms with Crippen LogP contribution in [0.25, 0.3) is 0 Å². The first-order chi connectivity index (χ1) is 5.72. The SMILES string of the molecule is C[C@H](CN)NCc1csc(I)c1. The molecule has 0 aliphatic heterocycles. The van der Waals surface area contributed by atoms with Crippen LogP contribution in [0.2, 0.25) is 0 Å². The molecule has 0 fully saturated rings. The van der Waals surface area contributed by atoms with E-state index in [1.165, 1.54) is 8.45 Å². The van der Waals surface area contributed by atoms with E-state index in [-0.39, 0.29) is 0 Å². The summed E-state index contributed by atoms with van der Waals surface area (Å²) in [5, 5.41) is 5.52. The van der Waals surface area contributed by atoms with Gasteiger partial charge in [0.15, 0.2) is 0 Å². The number of hydrogen-bond donors (Lipinski definition) is 2. The molecule has 0 aromatic carbocycles. The summed E-state index contributed by atoms with van der Waals surface area (Å²) in [5.41, 5.74) is 6.83. The molecule has 3 N–H and O–H groups in total. The van der Waals surface area contributed by atoms with Crippen LogP contribution in [-0.2, 0) is 6.54 Å². The second-order valence-electron chi connectivity index (χ2n) is 2.78. The molecular formula is C8H13IN2S. The molecule has 0 bridgehead atoms. The zero-order chi connectivity index (χ0) is 8.97. The van der Waals surface area contributed by atoms with Crippen molar-refractivity contribution in [2.75, 3.05) is 6.54 Å². The molecule has 0 aliphatic carbocycles. The van der Waals surface area contributed by atoms with Gasteiger partial charge in [0.05, 0.1) is 2.88 Å². The quantitative estimate of drug-likeness (QED) is 0.831. The maximum absolute atomic E-state index is 5.48. The van der Waals surface area contributed by atoms with Gasteiger partial charge in [-0.2, -0.15) is 0 Å². The first-order valence-corrected chi connectivity index (χ1v) is 5.84. The summed E-state index contributed by atoms with van der Waals surface area (Å²) in [7, 11) is 0. The van der Waals surface area contributed by atoms with E-state index in [1.807, 2.05) is 0 Å². The molecule has 12 heavy (non-hydrogen) atoms. The summed E-state index contributed by atoms with van der Waals surface area (Å²) in [6.07, 6.45) is 0. The van der Waals surface area contributed by atoms with E-state index in [1.54, 1.807) is 11.3 Å². The van der Waals surface area contributed by atoms with Crippen LogP contribution in [0.3, 0.4) is 0 Å². The Labute approximate surface area is 90.7 Å². The van der Waals surface area contributed by atoms with E-state index in [2.05, 4.69) is 46.3 Å². The molecule has 1 rings (SSSR count). The van der Waals surface area contributed by atoms with Crippen molar-refractivity contribution in [1.82, 2.24) is 5.32 Å². The Bertz CT molecular complexity index is 237. The smallest absolute Gasteiger partial charge is 0.0656 e. The highest BCUT2D eigenvalue weighted by Gasteiger charge is 1.99. The van der Waals surface area contributed by atoms with Crippen LogP contribution in [-0.4, -0.2) is 12.6 Å². The third-order valence-corrected chi connectivity index (χ3v) is 3.47. The second kappa shape index (κ2) is 5.16. The molecule has 68 valence electrons. The Morgan fingerprint density at radius 3 is 3.00 bits per heavy atom. The molecular weight excluding hydrogens is 283 g/mol. The number of nitrogens with one attached hydrogen (secondary N) is 1. The molecule has 0 saturated heterocycles. The van der Waals surface area contributed by atoms with Crippen molar-refractivity contribution in [3.63, 3.8) is 0 Å². The first kappa shape index (κ1) is 10.4. The molecule has 0 aliphatic rings. The Hall–Kier alpha value is 0.350. The van der Waals surface area contributed by atoms with Gasteiger partial charge in [0.25, 0.3) is 0 Å². The van der Waals surface area contributed by atoms with Crippen LogP contribution in [0.5, 0.6) is 0 Å². The summed E-state index contributed by atoms with van der Waals surface area (Å²) >= 11 is 4.11. The number of halogens is 1. The van der Waals surface area contributed by atoms with Crippen molar-refractivity contribution in [2.45, 2.75) is 19.5 Å². The maximum Gasteiger partial charge on any atom is 0.0656 e. The predicted octanol–water partition coefficient (Wildman–Crippen LogP) is 1.79. The van der Waals surface area contributed by atoms with Gasteiger partial charge in [-0.1, -0.05) is 0 Å². The van der Waals surface area contributed by atoms with Crippen LogP contribution in [0.4, 0.5) is 0 Å². The third kappa shape index (κ3) is 3.38. The Morgan fingerprint density at radius 1 is 1.75 bits per heavy atom. The highest BCUT2D eigenvalue weighted by Crippen LogP contribution is 2.16. The first-order valence-electron chi connectivity index (χ1n) is 3.88. The van der Waals surface area contributed by atoms with Crippen molar-refractivity contribution < 1.29 is 0 Å². The molecule has 4 heteroatoms. The van der Waals surface area contributed by atoms with Crippen LogP contribution in [0, 0.1) is 2.88 Å². The fraction of sp³-hybridized carbons (Fsp3) is 0.500. The zero-order valence-electron chi connectivity index (χ0n) is 7.01. The van der Waals surface area contributed by atoms with Gasteiger partial charge >= 0.3 is 0 Å². The lowest BCUT2D eigenvalue weighted by Crippen LogP contribution is -2.32. The van der Waals surface area contributed by atoms with Crippen molar-refractivity contribution >= 4 is 33.9 Å². The van der Waals surface area contributed by atoms with Gasteiger partial charge in [0, 0.05) is 19.1 Å². The van der Waals surface area contributed by atoms with Gasteiger partial charge in [-0.25, -0.2) is 0 Å². The van der Waals surface area contributed by atoms with Crippen molar-refractivity contribution in [1.29, 1.82) is 0 Å². The standard InChI is InChI=1S/C8H13IN2S/c1-6(3-10)11-4-7-2-8(9)12-5-7/h2,5-6,11H,3-4,10H2,1H3/t6-/m1/s1. The minimum Gasteiger partial charge on any atom is -0.329 e. The molecule has 1 aromatic heterocycles. The van der Waals surface area contributed by atoms with E-state index < -0.39 is 0 Å². The largest absolute Gasteiger partial charge is 0.329 e. The van der Waals surface area contributed by atoms with Crippen LogP contribution in [0.15, 0.2) is 11.4 Å². The van der Waals surface area contributed by atoms with Gasteiger partial charge in [-0.15, -0.1) is 11.3 Å². The minimum absolute atomic E-state index is 0.405. The topological polar surface area (TPSA) is 38.0 Å². The zero-order valence-corrected chi connectivity index (χ0v) is 9.98. The average molecular weight is 296 g/mol. The van der Waals surface area contributed by atoms with E-state index in [9.17, 15) is 0 Å². The normalized spacial score (nSPS) is 13.2. The van der Waals surface area contributed by atoms with Crippen LogP contribution < -0.4 is 11.1 Å². The van der Waals surface area contributed by atoms with E-state index in [0.717, 1.165) is 6.54 Å². The molecule has 0 amide bonds. The molecule has 0 spiro atoms.